The molecule has 4 amide bonds. The first-order chi connectivity index (χ1) is 12.5. The predicted octanol–water partition coefficient (Wildman–Crippen LogP) is 2.46. The number of ether oxygens (including phenoxy) is 1. The fraction of sp³-hybridized carbons (Fsp3) is 0.421. The second-order valence-corrected chi connectivity index (χ2v) is 5.89. The van der Waals surface area contributed by atoms with Crippen LogP contribution in [0.5, 0.6) is 5.75 Å². The summed E-state index contributed by atoms with van der Waals surface area (Å²) >= 11 is 0. The minimum Gasteiger partial charge on any atom is -0.493 e. The zero-order valence-electron chi connectivity index (χ0n) is 15.4. The number of unbranched alkanes of at least 4 members (excludes halogenated alkanes) is 1. The third kappa shape index (κ3) is 4.62. The highest BCUT2D eigenvalue weighted by Gasteiger charge is 2.28. The molecular weight excluding hydrogens is 334 g/mol. The van der Waals surface area contributed by atoms with Crippen molar-refractivity contribution < 1.29 is 19.1 Å². The van der Waals surface area contributed by atoms with Crippen molar-refractivity contribution in [2.75, 3.05) is 24.6 Å². The van der Waals surface area contributed by atoms with E-state index in [1.165, 1.54) is 6.08 Å². The van der Waals surface area contributed by atoms with Crippen LogP contribution in [0.4, 0.5) is 10.5 Å². The minimum absolute atomic E-state index is 0.125. The van der Waals surface area contributed by atoms with Crippen LogP contribution in [0, 0.1) is 0 Å². The fourth-order valence-electron chi connectivity index (χ4n) is 2.64. The lowest BCUT2D eigenvalue weighted by Gasteiger charge is -2.22. The van der Waals surface area contributed by atoms with Crippen LogP contribution >= 0.6 is 0 Å². The van der Waals surface area contributed by atoms with Crippen molar-refractivity contribution in [1.82, 2.24) is 10.6 Å². The van der Waals surface area contributed by atoms with Gasteiger partial charge in [0.05, 0.1) is 6.61 Å². The first kappa shape index (κ1) is 19.5. The summed E-state index contributed by atoms with van der Waals surface area (Å²) in [5.41, 5.74) is 1.50. The molecule has 0 radical (unpaired) electrons. The summed E-state index contributed by atoms with van der Waals surface area (Å²) in [6.07, 6.45) is 3.35. The van der Waals surface area contributed by atoms with E-state index in [2.05, 4.69) is 36.3 Å². The molecule has 1 aromatic rings. The molecule has 2 N–H and O–H groups in total. The highest BCUT2D eigenvalue weighted by molar-refractivity contribution is 6.31. The maximum absolute atomic E-state index is 11.9. The molecule has 0 unspecified atom stereocenters. The second kappa shape index (κ2) is 9.03. The lowest BCUT2D eigenvalue weighted by atomic mass is 10.1. The summed E-state index contributed by atoms with van der Waals surface area (Å²) < 4.78 is 5.89. The molecule has 0 bridgehead atoms. The number of nitrogens with zero attached hydrogens (tertiary/aromatic N) is 1. The molecule has 140 valence electrons. The van der Waals surface area contributed by atoms with Gasteiger partial charge < -0.3 is 9.64 Å². The second-order valence-electron chi connectivity index (χ2n) is 5.89. The summed E-state index contributed by atoms with van der Waals surface area (Å²) in [7, 11) is 0. The van der Waals surface area contributed by atoms with Gasteiger partial charge in [-0.1, -0.05) is 13.3 Å². The Morgan fingerprint density at radius 3 is 2.27 bits per heavy atom. The molecular formula is C19H25N3O4. The third-order valence-corrected chi connectivity index (χ3v) is 4.12. The molecule has 0 aliphatic carbocycles. The summed E-state index contributed by atoms with van der Waals surface area (Å²) in [5.74, 6) is -0.829. The van der Waals surface area contributed by atoms with Crippen LogP contribution in [0.2, 0.25) is 0 Å². The zero-order chi connectivity index (χ0) is 19.1. The van der Waals surface area contributed by atoms with Gasteiger partial charge in [0.15, 0.2) is 0 Å². The number of barbiturate groups is 1. The largest absolute Gasteiger partial charge is 0.493 e. The van der Waals surface area contributed by atoms with E-state index in [1.54, 1.807) is 0 Å². The number of nitrogens with one attached hydrogen (secondary N) is 2. The molecule has 1 aromatic carbocycles. The first-order valence-corrected chi connectivity index (χ1v) is 8.90. The number of amides is 4. The van der Waals surface area contributed by atoms with E-state index in [4.69, 9.17) is 4.74 Å². The molecule has 7 nitrogen and oxygen atoms in total. The number of hydrogen-bond donors (Lipinski definition) is 2. The van der Waals surface area contributed by atoms with E-state index < -0.39 is 17.8 Å². The van der Waals surface area contributed by atoms with Crippen molar-refractivity contribution >= 4 is 29.6 Å². The average Bonchev–Trinajstić information content (AvgIpc) is 2.60. The molecule has 1 heterocycles. The van der Waals surface area contributed by atoms with Crippen LogP contribution in [-0.2, 0) is 9.59 Å². The number of benzene rings is 1. The van der Waals surface area contributed by atoms with Gasteiger partial charge in [-0.25, -0.2) is 4.79 Å². The number of hydrogen-bond acceptors (Lipinski definition) is 5. The van der Waals surface area contributed by atoms with Crippen LogP contribution in [-0.4, -0.2) is 37.5 Å². The highest BCUT2D eigenvalue weighted by atomic mass is 16.5. The van der Waals surface area contributed by atoms with Crippen LogP contribution in [0.15, 0.2) is 23.8 Å². The molecule has 0 spiro atoms. The maximum Gasteiger partial charge on any atom is 0.328 e. The molecule has 1 aliphatic rings. The van der Waals surface area contributed by atoms with E-state index in [1.807, 2.05) is 18.2 Å². The van der Waals surface area contributed by atoms with Gasteiger partial charge >= 0.3 is 6.03 Å². The first-order valence-electron chi connectivity index (χ1n) is 8.90. The Morgan fingerprint density at radius 2 is 1.69 bits per heavy atom. The molecule has 0 saturated carbocycles. The Hall–Kier alpha value is -2.83. The molecule has 0 atom stereocenters. The van der Waals surface area contributed by atoms with E-state index >= 15 is 0 Å². The van der Waals surface area contributed by atoms with Crippen molar-refractivity contribution in [1.29, 1.82) is 0 Å². The maximum atomic E-state index is 11.9. The third-order valence-electron chi connectivity index (χ3n) is 4.12. The van der Waals surface area contributed by atoms with Crippen molar-refractivity contribution in [2.45, 2.75) is 33.6 Å². The Balaban J connectivity index is 2.39. The number of anilines is 1. The Kier molecular flexibility index (Phi) is 6.77. The van der Waals surface area contributed by atoms with Crippen LogP contribution in [0.25, 0.3) is 6.08 Å². The van der Waals surface area contributed by atoms with Gasteiger partial charge in [0.1, 0.15) is 11.3 Å². The van der Waals surface area contributed by atoms with Gasteiger partial charge in [-0.2, -0.15) is 0 Å². The molecule has 7 heteroatoms. The number of urea groups is 1. The number of rotatable bonds is 8. The molecule has 0 aromatic heterocycles. The highest BCUT2D eigenvalue weighted by Crippen LogP contribution is 2.28. The van der Waals surface area contributed by atoms with E-state index in [0.29, 0.717) is 17.9 Å². The Bertz CT molecular complexity index is 701. The van der Waals surface area contributed by atoms with Crippen LogP contribution in [0.1, 0.15) is 39.2 Å². The number of carbonyl (C=O) groups excluding carboxylic acids is 3. The zero-order valence-corrected chi connectivity index (χ0v) is 15.4. The summed E-state index contributed by atoms with van der Waals surface area (Å²) in [6.45, 7) is 8.49. The smallest absolute Gasteiger partial charge is 0.328 e. The van der Waals surface area contributed by atoms with Crippen molar-refractivity contribution in [3.8, 4) is 5.75 Å². The van der Waals surface area contributed by atoms with E-state index in [9.17, 15) is 14.4 Å². The topological polar surface area (TPSA) is 87.7 Å². The summed E-state index contributed by atoms with van der Waals surface area (Å²) in [5, 5.41) is 4.15. The molecule has 1 saturated heterocycles. The van der Waals surface area contributed by atoms with Crippen LogP contribution in [0.3, 0.4) is 0 Å². The van der Waals surface area contributed by atoms with Crippen molar-refractivity contribution in [2.24, 2.45) is 0 Å². The average molecular weight is 359 g/mol. The summed E-state index contributed by atoms with van der Waals surface area (Å²) in [6, 6.07) is 4.85. The lowest BCUT2D eigenvalue weighted by Crippen LogP contribution is -2.51. The van der Waals surface area contributed by atoms with E-state index in [0.717, 1.165) is 31.6 Å². The molecule has 1 aliphatic heterocycles. The molecule has 1 fully saturated rings. The van der Waals surface area contributed by atoms with Gasteiger partial charge in [0.2, 0.25) is 0 Å². The summed E-state index contributed by atoms with van der Waals surface area (Å²) in [4.78, 5) is 37.3. The van der Waals surface area contributed by atoms with Gasteiger partial charge in [-0.3, -0.25) is 20.2 Å². The normalized spacial score (nSPS) is 14.0. The molecule has 26 heavy (non-hydrogen) atoms. The minimum atomic E-state index is -0.812. The van der Waals surface area contributed by atoms with Crippen molar-refractivity contribution in [3.63, 3.8) is 0 Å². The quantitative estimate of drug-likeness (QED) is 0.423. The molecule has 2 rings (SSSR count). The SMILES string of the molecule is CCCCOc1cc(N(CC)CC)ccc1C=C1C(=O)NC(=O)NC1=O. The standard InChI is InChI=1S/C19H25N3O4/c1-4-7-10-26-16-12-14(22(5-2)6-3)9-8-13(16)11-15-17(23)20-19(25)21-18(15)24/h8-9,11-12H,4-7,10H2,1-3H3,(H2,20,21,23,24,25). The van der Waals surface area contributed by atoms with Gasteiger partial charge in [0.25, 0.3) is 11.8 Å². The Morgan fingerprint density at radius 1 is 1.04 bits per heavy atom. The number of carbonyl (C=O) groups is 3. The predicted molar refractivity (Wildman–Crippen MR) is 100 cm³/mol. The Labute approximate surface area is 153 Å². The number of imide groups is 2. The van der Waals surface area contributed by atoms with Crippen LogP contribution < -0.4 is 20.3 Å². The van der Waals surface area contributed by atoms with Gasteiger partial charge in [-0.05, 0) is 38.5 Å². The lowest BCUT2D eigenvalue weighted by molar-refractivity contribution is -0.123. The fourth-order valence-corrected chi connectivity index (χ4v) is 2.64. The monoisotopic (exact) mass is 359 g/mol. The van der Waals surface area contributed by atoms with E-state index in [-0.39, 0.29) is 5.57 Å². The van der Waals surface area contributed by atoms with Gasteiger partial charge in [-0.15, -0.1) is 0 Å². The van der Waals surface area contributed by atoms with Crippen molar-refractivity contribution in [3.05, 3.63) is 29.3 Å². The van der Waals surface area contributed by atoms with Gasteiger partial charge in [0, 0.05) is 30.4 Å².